The van der Waals surface area contributed by atoms with Gasteiger partial charge in [-0.3, -0.25) is 18.5 Å². The first-order chi connectivity index (χ1) is 17.1. The number of aromatic nitrogens is 1. The summed E-state index contributed by atoms with van der Waals surface area (Å²) < 4.78 is 36.5. The summed E-state index contributed by atoms with van der Waals surface area (Å²) in [5, 5.41) is 3.14. The van der Waals surface area contributed by atoms with Crippen LogP contribution in [0.2, 0.25) is 5.02 Å². The molecule has 0 fully saturated rings. The van der Waals surface area contributed by atoms with Gasteiger partial charge in [-0.1, -0.05) is 41.1 Å². The van der Waals surface area contributed by atoms with Crippen molar-refractivity contribution in [1.29, 1.82) is 0 Å². The fourth-order valence-corrected chi connectivity index (χ4v) is 6.84. The molecule has 3 aromatic carbocycles. The van der Waals surface area contributed by atoms with Crippen molar-refractivity contribution in [3.63, 3.8) is 0 Å². The lowest BCUT2D eigenvalue weighted by Gasteiger charge is -2.34. The molecular formula is C25H22ClN3O5S2. The highest BCUT2D eigenvalue weighted by Crippen LogP contribution is 2.39. The number of thiazole rings is 1. The van der Waals surface area contributed by atoms with E-state index in [0.29, 0.717) is 10.7 Å². The molecule has 1 aliphatic heterocycles. The summed E-state index contributed by atoms with van der Waals surface area (Å²) in [5.74, 6) is -0.285. The fraction of sp³-hybridized carbons (Fsp3) is 0.200. The fourth-order valence-electron chi connectivity index (χ4n) is 4.13. The Kier molecular flexibility index (Phi) is 6.27. The Labute approximate surface area is 216 Å². The zero-order valence-electron chi connectivity index (χ0n) is 19.3. The zero-order chi connectivity index (χ0) is 25.6. The Hall–Kier alpha value is -3.34. The number of rotatable bonds is 5. The first-order valence-electron chi connectivity index (χ1n) is 11.1. The third kappa shape index (κ3) is 4.36. The van der Waals surface area contributed by atoms with Crippen LogP contribution < -0.4 is 19.2 Å². The lowest BCUT2D eigenvalue weighted by Crippen LogP contribution is -2.48. The molecule has 0 spiro atoms. The van der Waals surface area contributed by atoms with Gasteiger partial charge in [-0.2, -0.15) is 0 Å². The van der Waals surface area contributed by atoms with Gasteiger partial charge >= 0.3 is 4.87 Å². The Morgan fingerprint density at radius 1 is 1.11 bits per heavy atom. The summed E-state index contributed by atoms with van der Waals surface area (Å²) in [6.45, 7) is 3.63. The SMILES string of the molecule is CC(C)n1c(=O)sc2cc(NC(=O)[C@H]3CN(S(=O)(=O)c4ccccc4)c4cc(Cl)ccc4O3)ccc21. The van der Waals surface area contributed by atoms with Crippen LogP contribution >= 0.6 is 22.9 Å². The van der Waals surface area contributed by atoms with Crippen molar-refractivity contribution in [2.45, 2.75) is 30.9 Å². The molecule has 0 bridgehead atoms. The lowest BCUT2D eigenvalue weighted by molar-refractivity contribution is -0.122. The van der Waals surface area contributed by atoms with Gasteiger partial charge in [0.25, 0.3) is 15.9 Å². The number of hydrogen-bond acceptors (Lipinski definition) is 6. The van der Waals surface area contributed by atoms with Gasteiger partial charge in [0.1, 0.15) is 5.75 Å². The van der Waals surface area contributed by atoms with Crippen molar-refractivity contribution < 1.29 is 17.9 Å². The van der Waals surface area contributed by atoms with Crippen molar-refractivity contribution in [1.82, 2.24) is 4.57 Å². The summed E-state index contributed by atoms with van der Waals surface area (Å²) in [7, 11) is -3.99. The average molecular weight is 544 g/mol. The summed E-state index contributed by atoms with van der Waals surface area (Å²) >= 11 is 7.25. The topological polar surface area (TPSA) is 97.7 Å². The average Bonchev–Trinajstić information content (AvgIpc) is 3.18. The van der Waals surface area contributed by atoms with Gasteiger partial charge in [0.2, 0.25) is 0 Å². The number of hydrogen-bond donors (Lipinski definition) is 1. The summed E-state index contributed by atoms with van der Waals surface area (Å²) in [5.41, 5.74) is 1.53. The Morgan fingerprint density at radius 2 is 1.86 bits per heavy atom. The van der Waals surface area contributed by atoms with Crippen LogP contribution in [-0.4, -0.2) is 31.5 Å². The Bertz CT molecular complexity index is 1630. The largest absolute Gasteiger partial charge is 0.476 e. The van der Waals surface area contributed by atoms with E-state index < -0.39 is 22.0 Å². The first-order valence-corrected chi connectivity index (χ1v) is 13.8. The highest BCUT2D eigenvalue weighted by Gasteiger charge is 2.37. The van der Waals surface area contributed by atoms with E-state index in [1.165, 1.54) is 18.2 Å². The molecule has 11 heteroatoms. The van der Waals surface area contributed by atoms with Crippen LogP contribution in [0.25, 0.3) is 10.2 Å². The van der Waals surface area contributed by atoms with Gasteiger partial charge in [-0.15, -0.1) is 0 Å². The second-order valence-electron chi connectivity index (χ2n) is 8.57. The first kappa shape index (κ1) is 24.4. The molecule has 186 valence electrons. The standard InChI is InChI=1S/C25H22ClN3O5S2/c1-15(2)29-19-10-9-17(13-23(19)35-25(29)31)27-24(30)22-14-28(20-12-16(26)8-11-21(20)34-22)36(32,33)18-6-4-3-5-7-18/h3-13,15,22H,14H2,1-2H3,(H,27,30)/t22-/m1/s1. The molecule has 1 aromatic heterocycles. The third-order valence-electron chi connectivity index (χ3n) is 5.81. The lowest BCUT2D eigenvalue weighted by atomic mass is 10.2. The molecule has 0 unspecified atom stereocenters. The molecule has 0 radical (unpaired) electrons. The quantitative estimate of drug-likeness (QED) is 0.386. The number of carbonyl (C=O) groups excluding carboxylic acids is 1. The van der Waals surface area contributed by atoms with E-state index in [2.05, 4.69) is 5.32 Å². The second-order valence-corrected chi connectivity index (χ2v) is 11.9. The van der Waals surface area contributed by atoms with E-state index in [4.69, 9.17) is 16.3 Å². The third-order valence-corrected chi connectivity index (χ3v) is 8.76. The molecule has 0 saturated heterocycles. The molecular weight excluding hydrogens is 522 g/mol. The monoisotopic (exact) mass is 543 g/mol. The van der Waals surface area contributed by atoms with Gasteiger partial charge < -0.3 is 10.1 Å². The van der Waals surface area contributed by atoms with Gasteiger partial charge in [-0.05, 0) is 62.4 Å². The summed E-state index contributed by atoms with van der Waals surface area (Å²) in [6, 6.07) is 17.8. The van der Waals surface area contributed by atoms with Gasteiger partial charge in [0.05, 0.1) is 27.3 Å². The van der Waals surface area contributed by atoms with Crippen molar-refractivity contribution >= 4 is 60.5 Å². The van der Waals surface area contributed by atoms with Crippen LogP contribution in [0, 0.1) is 0 Å². The van der Waals surface area contributed by atoms with Crippen LogP contribution in [-0.2, 0) is 14.8 Å². The minimum absolute atomic E-state index is 0.00782. The van der Waals surface area contributed by atoms with E-state index >= 15 is 0 Å². The number of anilines is 2. The van der Waals surface area contributed by atoms with Crippen molar-refractivity contribution in [2.75, 3.05) is 16.2 Å². The molecule has 5 rings (SSSR count). The number of nitrogens with zero attached hydrogens (tertiary/aromatic N) is 2. The molecule has 1 aliphatic rings. The zero-order valence-corrected chi connectivity index (χ0v) is 21.7. The number of sulfonamides is 1. The van der Waals surface area contributed by atoms with Crippen molar-refractivity contribution in [3.05, 3.63) is 81.4 Å². The van der Waals surface area contributed by atoms with Crippen molar-refractivity contribution in [3.8, 4) is 5.75 Å². The number of ether oxygens (including phenoxy) is 1. The van der Waals surface area contributed by atoms with Crippen LogP contribution in [0.3, 0.4) is 0 Å². The van der Waals surface area contributed by atoms with E-state index in [0.717, 1.165) is 25.9 Å². The molecule has 0 aliphatic carbocycles. The number of fused-ring (bicyclic) bond motifs is 2. The summed E-state index contributed by atoms with van der Waals surface area (Å²) in [4.78, 5) is 25.6. The van der Waals surface area contributed by atoms with Crippen LogP contribution in [0.5, 0.6) is 5.75 Å². The second kappa shape index (κ2) is 9.27. The minimum Gasteiger partial charge on any atom is -0.476 e. The number of halogens is 1. The van der Waals surface area contributed by atoms with E-state index in [1.807, 2.05) is 13.8 Å². The Balaban J connectivity index is 1.46. The molecule has 8 nitrogen and oxygen atoms in total. The normalized spacial score (nSPS) is 15.6. The van der Waals surface area contributed by atoms with E-state index in [9.17, 15) is 18.0 Å². The van der Waals surface area contributed by atoms with E-state index in [1.54, 1.807) is 53.1 Å². The predicted molar refractivity (Wildman–Crippen MR) is 142 cm³/mol. The predicted octanol–water partition coefficient (Wildman–Crippen LogP) is 4.89. The highest BCUT2D eigenvalue weighted by atomic mass is 35.5. The number of nitrogens with one attached hydrogen (secondary N) is 1. The molecule has 36 heavy (non-hydrogen) atoms. The molecule has 1 N–H and O–H groups in total. The van der Waals surface area contributed by atoms with Crippen LogP contribution in [0.4, 0.5) is 11.4 Å². The number of carbonyl (C=O) groups is 1. The smallest absolute Gasteiger partial charge is 0.308 e. The number of benzene rings is 3. The highest BCUT2D eigenvalue weighted by molar-refractivity contribution is 7.92. The maximum Gasteiger partial charge on any atom is 0.308 e. The van der Waals surface area contributed by atoms with Gasteiger partial charge in [0.15, 0.2) is 6.10 Å². The van der Waals surface area contributed by atoms with Crippen LogP contribution in [0.1, 0.15) is 19.9 Å². The Morgan fingerprint density at radius 3 is 2.58 bits per heavy atom. The molecule has 4 aromatic rings. The minimum atomic E-state index is -3.99. The molecule has 0 saturated carbocycles. The maximum atomic E-state index is 13.5. The summed E-state index contributed by atoms with van der Waals surface area (Å²) in [6.07, 6.45) is -1.12. The number of amides is 1. The van der Waals surface area contributed by atoms with Crippen LogP contribution in [0.15, 0.2) is 76.4 Å². The molecule has 1 amide bonds. The molecule has 2 heterocycles. The van der Waals surface area contributed by atoms with E-state index in [-0.39, 0.29) is 33.8 Å². The van der Waals surface area contributed by atoms with Gasteiger partial charge in [-0.25, -0.2) is 8.42 Å². The van der Waals surface area contributed by atoms with Crippen molar-refractivity contribution in [2.24, 2.45) is 0 Å². The molecule has 1 atom stereocenters. The van der Waals surface area contributed by atoms with Gasteiger partial charge in [0, 0.05) is 16.8 Å². The maximum absolute atomic E-state index is 13.5.